The molecule has 2 N–H and O–H groups in total. The number of hydrogen-bond acceptors (Lipinski definition) is 3. The van der Waals surface area contributed by atoms with E-state index in [9.17, 15) is 13.6 Å². The van der Waals surface area contributed by atoms with Crippen molar-refractivity contribution in [1.29, 1.82) is 0 Å². The van der Waals surface area contributed by atoms with Gasteiger partial charge in [0.25, 0.3) is 5.76 Å². The molecule has 2 aromatic carbocycles. The Morgan fingerprint density at radius 1 is 1.17 bits per heavy atom. The molecule has 128 valence electrons. The summed E-state index contributed by atoms with van der Waals surface area (Å²) in [5.41, 5.74) is 1.48. The molecule has 0 aliphatic heterocycles. The molecule has 0 aromatic heterocycles. The van der Waals surface area contributed by atoms with Crippen molar-refractivity contribution >= 4 is 35.0 Å². The van der Waals surface area contributed by atoms with Gasteiger partial charge in [0.05, 0.1) is 6.54 Å². The summed E-state index contributed by atoms with van der Waals surface area (Å²) in [5, 5.41) is 6.45. The van der Waals surface area contributed by atoms with Crippen molar-refractivity contribution < 1.29 is 13.6 Å². The first-order valence-corrected chi connectivity index (χ1v) is 8.54. The summed E-state index contributed by atoms with van der Waals surface area (Å²) in [6.45, 7) is 2.03. The van der Waals surface area contributed by atoms with Gasteiger partial charge in [-0.15, -0.1) is 0 Å². The minimum atomic E-state index is -2.46. The van der Waals surface area contributed by atoms with E-state index in [1.807, 2.05) is 25.1 Å². The summed E-state index contributed by atoms with van der Waals surface area (Å²) in [6.07, 6.45) is 0. The number of thioether (sulfide) groups is 1. The summed E-state index contributed by atoms with van der Waals surface area (Å²) in [5.74, 6) is -2.68. The fourth-order valence-electron chi connectivity index (χ4n) is 2.11. The largest absolute Gasteiger partial charge is 0.325 e. The topological polar surface area (TPSA) is 41.1 Å². The first-order valence-electron chi connectivity index (χ1n) is 7.28. The Morgan fingerprint density at radius 2 is 1.83 bits per heavy atom. The lowest BCUT2D eigenvalue weighted by Crippen LogP contribution is -2.30. The molecule has 0 saturated heterocycles. The summed E-state index contributed by atoms with van der Waals surface area (Å²) in [7, 11) is 0. The van der Waals surface area contributed by atoms with E-state index in [2.05, 4.69) is 10.6 Å². The van der Waals surface area contributed by atoms with E-state index >= 15 is 0 Å². The number of carbonyl (C=O) groups is 1. The van der Waals surface area contributed by atoms with Gasteiger partial charge in [0.2, 0.25) is 5.91 Å². The van der Waals surface area contributed by atoms with Gasteiger partial charge in [-0.3, -0.25) is 4.79 Å². The molecule has 24 heavy (non-hydrogen) atoms. The first-order chi connectivity index (χ1) is 11.5. The zero-order valence-electron chi connectivity index (χ0n) is 12.9. The third kappa shape index (κ3) is 5.78. The minimum Gasteiger partial charge on any atom is -0.325 e. The second kappa shape index (κ2) is 9.01. The predicted molar refractivity (Wildman–Crippen MR) is 94.8 cm³/mol. The maximum atomic E-state index is 12.3. The molecule has 0 heterocycles. The molecule has 7 heteroatoms. The van der Waals surface area contributed by atoms with Gasteiger partial charge in [0, 0.05) is 21.6 Å². The number of amides is 1. The van der Waals surface area contributed by atoms with Crippen LogP contribution < -0.4 is 10.6 Å². The standard InChI is InChI=1S/C17H17ClF2N2OS/c1-11(14-4-2-3-5-15(14)18)21-10-16(23)22-12-6-8-13(9-7-12)24-17(19)20/h2-9,11,17,21H,10H2,1H3,(H,22,23). The van der Waals surface area contributed by atoms with E-state index in [-0.39, 0.29) is 18.5 Å². The second-order valence-electron chi connectivity index (χ2n) is 5.08. The zero-order valence-corrected chi connectivity index (χ0v) is 14.5. The van der Waals surface area contributed by atoms with Gasteiger partial charge in [-0.05, 0) is 42.8 Å². The Hall–Kier alpha value is -1.63. The smallest absolute Gasteiger partial charge is 0.288 e. The zero-order chi connectivity index (χ0) is 17.5. The van der Waals surface area contributed by atoms with Crippen LogP contribution in [0.5, 0.6) is 0 Å². The molecule has 1 amide bonds. The molecule has 2 rings (SSSR count). The third-order valence-corrected chi connectivity index (χ3v) is 4.37. The van der Waals surface area contributed by atoms with E-state index in [1.54, 1.807) is 30.3 Å². The summed E-state index contributed by atoms with van der Waals surface area (Å²) >= 11 is 6.59. The number of halogens is 3. The van der Waals surface area contributed by atoms with Gasteiger partial charge < -0.3 is 10.6 Å². The van der Waals surface area contributed by atoms with Crippen LogP contribution in [-0.4, -0.2) is 18.2 Å². The summed E-state index contributed by atoms with van der Waals surface area (Å²) < 4.78 is 24.5. The molecule has 0 aliphatic rings. The Bertz CT molecular complexity index is 683. The van der Waals surface area contributed by atoms with E-state index < -0.39 is 5.76 Å². The van der Waals surface area contributed by atoms with Crippen LogP contribution in [0.1, 0.15) is 18.5 Å². The average molecular weight is 371 g/mol. The van der Waals surface area contributed by atoms with Crippen molar-refractivity contribution in [3.63, 3.8) is 0 Å². The number of nitrogens with one attached hydrogen (secondary N) is 2. The van der Waals surface area contributed by atoms with Gasteiger partial charge >= 0.3 is 0 Å². The van der Waals surface area contributed by atoms with Crippen molar-refractivity contribution in [3.05, 3.63) is 59.1 Å². The SMILES string of the molecule is CC(NCC(=O)Nc1ccc(SC(F)F)cc1)c1ccccc1Cl. The lowest BCUT2D eigenvalue weighted by atomic mass is 10.1. The fourth-order valence-corrected chi connectivity index (χ4v) is 2.91. The number of carbonyl (C=O) groups excluding carboxylic acids is 1. The highest BCUT2D eigenvalue weighted by Gasteiger charge is 2.11. The van der Waals surface area contributed by atoms with Gasteiger partial charge in [-0.25, -0.2) is 0 Å². The minimum absolute atomic E-state index is 0.0748. The first kappa shape index (κ1) is 18.7. The number of hydrogen-bond donors (Lipinski definition) is 2. The van der Waals surface area contributed by atoms with Crippen molar-refractivity contribution in [3.8, 4) is 0 Å². The van der Waals surface area contributed by atoms with Crippen molar-refractivity contribution in [2.24, 2.45) is 0 Å². The molecular formula is C17H17ClF2N2OS. The Morgan fingerprint density at radius 3 is 2.46 bits per heavy atom. The fraction of sp³-hybridized carbons (Fsp3) is 0.235. The Kier molecular flexibility index (Phi) is 7.02. The van der Waals surface area contributed by atoms with E-state index in [0.29, 0.717) is 27.4 Å². The molecule has 0 aliphatic carbocycles. The van der Waals surface area contributed by atoms with E-state index in [0.717, 1.165) is 5.56 Å². The Labute approximate surface area is 148 Å². The van der Waals surface area contributed by atoms with Crippen LogP contribution >= 0.6 is 23.4 Å². The van der Waals surface area contributed by atoms with Gasteiger partial charge in [0.1, 0.15) is 0 Å². The molecule has 0 spiro atoms. The normalized spacial score (nSPS) is 12.2. The van der Waals surface area contributed by atoms with Crippen LogP contribution in [0.15, 0.2) is 53.4 Å². The molecule has 1 atom stereocenters. The van der Waals surface area contributed by atoms with Crippen molar-refractivity contribution in [1.82, 2.24) is 5.32 Å². The van der Waals surface area contributed by atoms with Crippen LogP contribution in [-0.2, 0) is 4.79 Å². The van der Waals surface area contributed by atoms with Gasteiger partial charge in [0.15, 0.2) is 0 Å². The highest BCUT2D eigenvalue weighted by Crippen LogP contribution is 2.26. The molecule has 3 nitrogen and oxygen atoms in total. The molecule has 0 bridgehead atoms. The van der Waals surface area contributed by atoms with E-state index in [4.69, 9.17) is 11.6 Å². The van der Waals surface area contributed by atoms with Crippen LogP contribution in [0.2, 0.25) is 5.02 Å². The molecule has 0 saturated carbocycles. The summed E-state index contributed by atoms with van der Waals surface area (Å²) in [6, 6.07) is 13.7. The second-order valence-corrected chi connectivity index (χ2v) is 6.55. The number of alkyl halides is 2. The maximum absolute atomic E-state index is 12.3. The number of benzene rings is 2. The van der Waals surface area contributed by atoms with Crippen LogP contribution in [0.3, 0.4) is 0 Å². The van der Waals surface area contributed by atoms with Gasteiger partial charge in [-0.1, -0.05) is 41.6 Å². The van der Waals surface area contributed by atoms with Crippen molar-refractivity contribution in [2.75, 3.05) is 11.9 Å². The molecule has 1 unspecified atom stereocenters. The monoisotopic (exact) mass is 370 g/mol. The quantitative estimate of drug-likeness (QED) is 0.678. The third-order valence-electron chi connectivity index (χ3n) is 3.30. The highest BCUT2D eigenvalue weighted by molar-refractivity contribution is 7.99. The van der Waals surface area contributed by atoms with Crippen LogP contribution in [0, 0.1) is 0 Å². The average Bonchev–Trinajstić information content (AvgIpc) is 2.54. The molecule has 2 aromatic rings. The molecule has 0 radical (unpaired) electrons. The van der Waals surface area contributed by atoms with Crippen molar-refractivity contribution in [2.45, 2.75) is 23.6 Å². The number of rotatable bonds is 7. The highest BCUT2D eigenvalue weighted by atomic mass is 35.5. The van der Waals surface area contributed by atoms with Gasteiger partial charge in [-0.2, -0.15) is 8.78 Å². The Balaban J connectivity index is 1.84. The summed E-state index contributed by atoms with van der Waals surface area (Å²) in [4.78, 5) is 12.4. The number of anilines is 1. The van der Waals surface area contributed by atoms with E-state index in [1.165, 1.54) is 0 Å². The van der Waals surface area contributed by atoms with Crippen LogP contribution in [0.25, 0.3) is 0 Å². The predicted octanol–water partition coefficient (Wildman–Crippen LogP) is 4.94. The molecule has 0 fully saturated rings. The lowest BCUT2D eigenvalue weighted by molar-refractivity contribution is -0.115. The van der Waals surface area contributed by atoms with Crippen LogP contribution in [0.4, 0.5) is 14.5 Å². The maximum Gasteiger partial charge on any atom is 0.288 e. The molecular weight excluding hydrogens is 354 g/mol. The lowest BCUT2D eigenvalue weighted by Gasteiger charge is -2.15.